The van der Waals surface area contributed by atoms with Crippen LogP contribution in [0.3, 0.4) is 0 Å². The van der Waals surface area contributed by atoms with Crippen molar-refractivity contribution in [1.29, 1.82) is 0 Å². The lowest BCUT2D eigenvalue weighted by atomic mass is 10.2. The molecule has 0 bridgehead atoms. The van der Waals surface area contributed by atoms with E-state index in [1.165, 1.54) is 16.3 Å². The number of carboxylic acid groups (broad SMARTS) is 1. The molecule has 0 amide bonds. The first-order valence-electron chi connectivity index (χ1n) is 7.40. The van der Waals surface area contributed by atoms with E-state index in [-0.39, 0.29) is 12.1 Å². The van der Waals surface area contributed by atoms with E-state index in [0.717, 1.165) is 10.9 Å². The molecule has 2 aromatic rings. The van der Waals surface area contributed by atoms with Crippen LogP contribution < -0.4 is 10.9 Å². The number of carboxylic acids is 1. The summed E-state index contributed by atoms with van der Waals surface area (Å²) >= 11 is 1.36. The molecule has 1 N–H and O–H groups in total. The summed E-state index contributed by atoms with van der Waals surface area (Å²) in [5.74, 6) is -0.354. The van der Waals surface area contributed by atoms with E-state index in [1.54, 1.807) is 12.3 Å². The molecule has 0 aliphatic rings. The molecular weight excluding hydrogens is 343 g/mol. The van der Waals surface area contributed by atoms with Crippen LogP contribution in [0.1, 0.15) is 17.5 Å². The molecule has 0 saturated heterocycles. The number of allylic oxidation sites excluding steroid dienone is 1. The monoisotopic (exact) mass is 362 g/mol. The van der Waals surface area contributed by atoms with E-state index in [2.05, 4.69) is 20.8 Å². The highest BCUT2D eigenvalue weighted by Gasteiger charge is 2.11. The van der Waals surface area contributed by atoms with Crippen LogP contribution in [0, 0.1) is 0 Å². The number of hydrogen-bond donors (Lipinski definition) is 1. The van der Waals surface area contributed by atoms with E-state index in [4.69, 9.17) is 5.11 Å². The fourth-order valence-electron chi connectivity index (χ4n) is 2.09. The van der Waals surface area contributed by atoms with Gasteiger partial charge < -0.3 is 9.67 Å². The van der Waals surface area contributed by atoms with Crippen molar-refractivity contribution < 1.29 is 9.90 Å². The van der Waals surface area contributed by atoms with Gasteiger partial charge in [0.2, 0.25) is 0 Å². The Balaban J connectivity index is 2.24. The Morgan fingerprint density at radius 2 is 2.08 bits per heavy atom. The van der Waals surface area contributed by atoms with Gasteiger partial charge in [-0.3, -0.25) is 9.59 Å². The Morgan fingerprint density at radius 1 is 1.38 bits per heavy atom. The molecule has 0 fully saturated rings. The number of nitrogens with zero attached hydrogens (tertiary/aromatic N) is 2. The van der Waals surface area contributed by atoms with Gasteiger partial charge in [-0.05, 0) is 23.7 Å². The standard InChI is InChI=1S/C17H19N2O3PS/c1-2-3-4-13-9-19(10-15(20)21)17(18-16(13)22)24-11-12-5-7-14(23)8-6-12/h2,5-9H,1,3-4,10-11,23H2,(H,20,21). The number of aromatic nitrogens is 2. The fraction of sp³-hybridized carbons (Fsp3) is 0.235. The van der Waals surface area contributed by atoms with E-state index in [1.807, 2.05) is 24.3 Å². The first-order valence-corrected chi connectivity index (χ1v) is 8.96. The summed E-state index contributed by atoms with van der Waals surface area (Å²) in [5.41, 5.74) is 1.28. The van der Waals surface area contributed by atoms with Gasteiger partial charge >= 0.3 is 5.97 Å². The minimum Gasteiger partial charge on any atom is -0.480 e. The van der Waals surface area contributed by atoms with Crippen LogP contribution in [0.2, 0.25) is 0 Å². The number of carbonyl (C=O) groups is 1. The maximum absolute atomic E-state index is 12.1. The van der Waals surface area contributed by atoms with Crippen molar-refractivity contribution in [2.75, 3.05) is 0 Å². The Labute approximate surface area is 147 Å². The Hall–Kier alpha value is -1.91. The van der Waals surface area contributed by atoms with Gasteiger partial charge in [-0.1, -0.05) is 42.1 Å². The van der Waals surface area contributed by atoms with Crippen LogP contribution >= 0.6 is 21.0 Å². The third-order valence-corrected chi connectivity index (χ3v) is 4.75. The first-order chi connectivity index (χ1) is 11.5. The summed E-state index contributed by atoms with van der Waals surface area (Å²) in [4.78, 5) is 27.3. The van der Waals surface area contributed by atoms with Crippen molar-refractivity contribution >= 4 is 32.3 Å². The molecule has 1 aromatic carbocycles. The van der Waals surface area contributed by atoms with Crippen molar-refractivity contribution in [2.24, 2.45) is 0 Å². The minimum atomic E-state index is -0.968. The van der Waals surface area contributed by atoms with Gasteiger partial charge in [-0.2, -0.15) is 4.98 Å². The number of benzene rings is 1. The number of aryl methyl sites for hydroxylation is 1. The van der Waals surface area contributed by atoms with Gasteiger partial charge in [-0.25, -0.2) is 0 Å². The van der Waals surface area contributed by atoms with E-state index < -0.39 is 5.97 Å². The molecule has 1 heterocycles. The third kappa shape index (κ3) is 5.32. The summed E-state index contributed by atoms with van der Waals surface area (Å²) in [7, 11) is 2.62. The molecule has 0 saturated carbocycles. The van der Waals surface area contributed by atoms with Crippen LogP contribution in [0.4, 0.5) is 0 Å². The lowest BCUT2D eigenvalue weighted by Gasteiger charge is -2.12. The number of rotatable bonds is 8. The maximum atomic E-state index is 12.1. The number of thioether (sulfide) groups is 1. The zero-order valence-electron chi connectivity index (χ0n) is 13.1. The fourth-order valence-corrected chi connectivity index (χ4v) is 3.20. The van der Waals surface area contributed by atoms with Gasteiger partial charge in [0.15, 0.2) is 5.16 Å². The first kappa shape index (κ1) is 18.4. The highest BCUT2D eigenvalue weighted by molar-refractivity contribution is 7.98. The molecule has 0 spiro atoms. The normalized spacial score (nSPS) is 10.5. The van der Waals surface area contributed by atoms with Crippen LogP contribution in [0.25, 0.3) is 0 Å². The molecule has 0 radical (unpaired) electrons. The second-order valence-electron chi connectivity index (χ2n) is 5.23. The SMILES string of the molecule is C=CCCc1cn(CC(=O)O)c(SCc2ccc(P)cc2)nc1=O. The zero-order chi connectivity index (χ0) is 17.5. The molecule has 1 unspecified atom stereocenters. The van der Waals surface area contributed by atoms with Gasteiger partial charge in [0, 0.05) is 17.5 Å². The molecule has 0 aliphatic carbocycles. The van der Waals surface area contributed by atoms with Gasteiger partial charge in [0.05, 0.1) is 0 Å². The summed E-state index contributed by atoms with van der Waals surface area (Å²) in [6.07, 6.45) is 4.48. The topological polar surface area (TPSA) is 72.2 Å². The molecule has 1 atom stereocenters. The molecular formula is C17H19N2O3PS. The zero-order valence-corrected chi connectivity index (χ0v) is 15.1. The Kier molecular flexibility index (Phi) is 6.76. The highest BCUT2D eigenvalue weighted by atomic mass is 32.2. The van der Waals surface area contributed by atoms with Crippen molar-refractivity contribution in [2.45, 2.75) is 30.3 Å². The van der Waals surface area contributed by atoms with Crippen LogP contribution in [-0.2, 0) is 23.5 Å². The molecule has 0 aliphatic heterocycles. The summed E-state index contributed by atoms with van der Waals surface area (Å²) in [6, 6.07) is 7.95. The van der Waals surface area contributed by atoms with E-state index in [0.29, 0.717) is 29.3 Å². The third-order valence-electron chi connectivity index (χ3n) is 3.30. The predicted molar refractivity (Wildman–Crippen MR) is 100.0 cm³/mol. The smallest absolute Gasteiger partial charge is 0.323 e. The largest absolute Gasteiger partial charge is 0.480 e. The van der Waals surface area contributed by atoms with Crippen molar-refractivity contribution in [3.8, 4) is 0 Å². The summed E-state index contributed by atoms with van der Waals surface area (Å²) < 4.78 is 1.52. The Morgan fingerprint density at radius 3 is 2.71 bits per heavy atom. The Bertz CT molecular complexity index is 787. The highest BCUT2D eigenvalue weighted by Crippen LogP contribution is 2.20. The number of hydrogen-bond acceptors (Lipinski definition) is 4. The van der Waals surface area contributed by atoms with Gasteiger partial charge in [0.1, 0.15) is 6.54 Å². The second kappa shape index (κ2) is 8.81. The van der Waals surface area contributed by atoms with Crippen LogP contribution in [0.5, 0.6) is 0 Å². The van der Waals surface area contributed by atoms with Crippen molar-refractivity contribution in [3.63, 3.8) is 0 Å². The second-order valence-corrected chi connectivity index (χ2v) is 6.84. The molecule has 1 aromatic heterocycles. The maximum Gasteiger partial charge on any atom is 0.323 e. The van der Waals surface area contributed by atoms with Gasteiger partial charge in [0.25, 0.3) is 5.56 Å². The molecule has 24 heavy (non-hydrogen) atoms. The molecule has 7 heteroatoms. The lowest BCUT2D eigenvalue weighted by Crippen LogP contribution is -2.21. The van der Waals surface area contributed by atoms with Crippen LogP contribution in [-0.4, -0.2) is 20.6 Å². The quantitative estimate of drug-likeness (QED) is 0.337. The van der Waals surface area contributed by atoms with E-state index >= 15 is 0 Å². The molecule has 2 rings (SSSR count). The summed E-state index contributed by atoms with van der Waals surface area (Å²) in [5, 5.41) is 10.6. The minimum absolute atomic E-state index is 0.221. The van der Waals surface area contributed by atoms with E-state index in [9.17, 15) is 9.59 Å². The summed E-state index contributed by atoms with van der Waals surface area (Å²) in [6.45, 7) is 3.41. The average Bonchev–Trinajstić information content (AvgIpc) is 2.54. The number of aliphatic carboxylic acids is 1. The van der Waals surface area contributed by atoms with Crippen molar-refractivity contribution in [1.82, 2.24) is 9.55 Å². The molecule has 5 nitrogen and oxygen atoms in total. The predicted octanol–water partition coefficient (Wildman–Crippen LogP) is 2.24. The average molecular weight is 362 g/mol. The van der Waals surface area contributed by atoms with Crippen LogP contribution in [0.15, 0.2) is 53.1 Å². The van der Waals surface area contributed by atoms with Crippen molar-refractivity contribution in [3.05, 3.63) is 64.6 Å². The lowest BCUT2D eigenvalue weighted by molar-refractivity contribution is -0.137. The van der Waals surface area contributed by atoms with Gasteiger partial charge in [-0.15, -0.1) is 15.8 Å². The molecule has 126 valence electrons.